The van der Waals surface area contributed by atoms with Crippen molar-refractivity contribution in [3.63, 3.8) is 0 Å². The molecule has 5 aromatic carbocycles. The molecule has 4 atom stereocenters. The number of carbonyl (C=O) groups excluding carboxylic acids is 5. The van der Waals surface area contributed by atoms with Gasteiger partial charge < -0.3 is 31.7 Å². The van der Waals surface area contributed by atoms with Gasteiger partial charge in [-0.3, -0.25) is 24.0 Å². The van der Waals surface area contributed by atoms with E-state index in [1.54, 1.807) is 48.5 Å². The average molecular weight is 768 g/mol. The van der Waals surface area contributed by atoms with E-state index < -0.39 is 59.7 Å². The van der Waals surface area contributed by atoms with Crippen LogP contribution in [-0.4, -0.2) is 64.8 Å². The highest BCUT2D eigenvalue weighted by Gasteiger charge is 2.32. The standard InChI is InChI=1S/C45H45N5O7/c51-40-24-25-41(52)47-36(23-20-29-10-3-1-4-11-29)42(53)49-38(28-33-16-9-15-32-14-7-8-17-35(32)33)44(55)48-37(26-30-12-5-2-6-13-30)43(54)50-39(45(56)57)27-31-18-21-34(46-40)22-19-31/h1-19,21-22,36-39H,20,23-28H2,(H,46,51)(H,47,52)(H,48,55)(H,49,53)(H,50,54)(H,56,57). The van der Waals surface area contributed by atoms with Gasteiger partial charge in [0.1, 0.15) is 24.2 Å². The van der Waals surface area contributed by atoms with Crippen molar-refractivity contribution in [3.05, 3.63) is 150 Å². The van der Waals surface area contributed by atoms with Gasteiger partial charge in [0.05, 0.1) is 0 Å². The quantitative estimate of drug-likeness (QED) is 0.128. The molecule has 12 nitrogen and oxygen atoms in total. The SMILES string of the molecule is O=C1CCC(=O)NC(CCc2ccccc2)C(=O)NC(Cc2cccc3ccccc23)C(=O)NC(Cc2ccccc2)C(=O)NC(C(=O)O)Cc2ccc(cc2)N1. The van der Waals surface area contributed by atoms with Gasteiger partial charge in [-0.1, -0.05) is 115 Å². The van der Waals surface area contributed by atoms with Crippen molar-refractivity contribution >= 4 is 52.0 Å². The lowest BCUT2D eigenvalue weighted by Gasteiger charge is -2.27. The van der Waals surface area contributed by atoms with Crippen LogP contribution in [0.15, 0.2) is 127 Å². The molecule has 4 unspecified atom stereocenters. The highest BCUT2D eigenvalue weighted by Crippen LogP contribution is 2.21. The van der Waals surface area contributed by atoms with E-state index in [2.05, 4.69) is 26.6 Å². The van der Waals surface area contributed by atoms with Crippen LogP contribution in [0.4, 0.5) is 5.69 Å². The predicted molar refractivity (Wildman–Crippen MR) is 216 cm³/mol. The number of fused-ring (bicyclic) bond motifs is 19. The van der Waals surface area contributed by atoms with Crippen LogP contribution < -0.4 is 26.6 Å². The van der Waals surface area contributed by atoms with E-state index in [0.717, 1.165) is 21.9 Å². The summed E-state index contributed by atoms with van der Waals surface area (Å²) in [5.41, 5.74) is 3.43. The Balaban J connectivity index is 1.36. The van der Waals surface area contributed by atoms with Gasteiger partial charge in [0, 0.05) is 37.8 Å². The van der Waals surface area contributed by atoms with Crippen molar-refractivity contribution in [3.8, 4) is 0 Å². The Hall–Kier alpha value is -6.82. The summed E-state index contributed by atoms with van der Waals surface area (Å²) in [7, 11) is 0. The number of aryl methyl sites for hydroxylation is 1. The lowest BCUT2D eigenvalue weighted by molar-refractivity contribution is -0.142. The topological polar surface area (TPSA) is 183 Å². The van der Waals surface area contributed by atoms with Crippen LogP contribution in [0.25, 0.3) is 10.8 Å². The normalized spacial score (nSPS) is 20.0. The minimum Gasteiger partial charge on any atom is -0.480 e. The highest BCUT2D eigenvalue weighted by molar-refractivity contribution is 5.97. The number of carboxylic acid groups (broad SMARTS) is 1. The number of carbonyl (C=O) groups is 6. The zero-order valence-electron chi connectivity index (χ0n) is 31.3. The third-order valence-corrected chi connectivity index (χ3v) is 9.94. The van der Waals surface area contributed by atoms with Crippen LogP contribution in [0.2, 0.25) is 0 Å². The molecular weight excluding hydrogens is 723 g/mol. The smallest absolute Gasteiger partial charge is 0.326 e. The van der Waals surface area contributed by atoms with E-state index in [0.29, 0.717) is 23.2 Å². The molecule has 2 bridgehead atoms. The summed E-state index contributed by atoms with van der Waals surface area (Å²) < 4.78 is 0. The molecule has 0 saturated heterocycles. The molecule has 0 radical (unpaired) electrons. The van der Waals surface area contributed by atoms with Gasteiger partial charge in [0.25, 0.3) is 0 Å². The van der Waals surface area contributed by atoms with E-state index in [-0.39, 0.29) is 38.5 Å². The molecule has 0 aliphatic carbocycles. The van der Waals surface area contributed by atoms with Crippen LogP contribution in [0.1, 0.15) is 41.5 Å². The first-order valence-electron chi connectivity index (χ1n) is 19.0. The fourth-order valence-corrected chi connectivity index (χ4v) is 6.88. The largest absolute Gasteiger partial charge is 0.480 e. The third-order valence-electron chi connectivity index (χ3n) is 9.94. The van der Waals surface area contributed by atoms with Gasteiger partial charge in [-0.2, -0.15) is 0 Å². The number of nitrogens with one attached hydrogen (secondary N) is 5. The van der Waals surface area contributed by atoms with Gasteiger partial charge in [-0.05, 0) is 58.0 Å². The number of hydrogen-bond donors (Lipinski definition) is 6. The number of hydrogen-bond acceptors (Lipinski definition) is 6. The Morgan fingerprint density at radius 3 is 1.84 bits per heavy atom. The third kappa shape index (κ3) is 11.4. The number of amides is 5. The van der Waals surface area contributed by atoms with E-state index in [1.165, 1.54) is 0 Å². The molecule has 5 aromatic rings. The Morgan fingerprint density at radius 2 is 1.14 bits per heavy atom. The molecule has 2 aliphatic rings. The minimum atomic E-state index is -1.35. The molecule has 0 saturated carbocycles. The number of rotatable bonds is 8. The Bertz CT molecular complexity index is 2210. The zero-order valence-corrected chi connectivity index (χ0v) is 31.3. The van der Waals surface area contributed by atoms with Crippen LogP contribution in [0.3, 0.4) is 0 Å². The van der Waals surface area contributed by atoms with Crippen LogP contribution in [0, 0.1) is 0 Å². The summed E-state index contributed by atoms with van der Waals surface area (Å²) in [5, 5.41) is 25.8. The maximum atomic E-state index is 14.5. The summed E-state index contributed by atoms with van der Waals surface area (Å²) >= 11 is 0. The second kappa shape index (κ2) is 19.2. The molecule has 12 heteroatoms. The summed E-state index contributed by atoms with van der Waals surface area (Å²) in [6, 6.07) is 33.4. The number of carboxylic acids is 1. The second-order valence-electron chi connectivity index (χ2n) is 14.1. The fraction of sp³-hybridized carbons (Fsp3) is 0.244. The second-order valence-corrected chi connectivity index (χ2v) is 14.1. The first-order valence-corrected chi connectivity index (χ1v) is 19.0. The summed E-state index contributed by atoms with van der Waals surface area (Å²) in [4.78, 5) is 81.4. The number of aliphatic carboxylic acids is 1. The Kier molecular flexibility index (Phi) is 13.4. The lowest BCUT2D eigenvalue weighted by Crippen LogP contribution is -2.59. The van der Waals surface area contributed by atoms with Crippen LogP contribution in [-0.2, 0) is 54.5 Å². The maximum Gasteiger partial charge on any atom is 0.326 e. The number of anilines is 1. The first-order chi connectivity index (χ1) is 27.6. The fourth-order valence-electron chi connectivity index (χ4n) is 6.88. The predicted octanol–water partition coefficient (Wildman–Crippen LogP) is 4.26. The molecule has 0 aromatic heterocycles. The Morgan fingerprint density at radius 1 is 0.561 bits per heavy atom. The lowest BCUT2D eigenvalue weighted by atomic mass is 9.97. The van der Waals surface area contributed by atoms with E-state index >= 15 is 0 Å². The molecule has 2 aliphatic heterocycles. The molecule has 0 fully saturated rings. The summed E-state index contributed by atoms with van der Waals surface area (Å²) in [6.45, 7) is 0. The monoisotopic (exact) mass is 767 g/mol. The molecule has 0 spiro atoms. The summed E-state index contributed by atoms with van der Waals surface area (Å²) in [5.74, 6) is -4.24. The van der Waals surface area contributed by atoms with Gasteiger partial charge in [-0.15, -0.1) is 0 Å². The summed E-state index contributed by atoms with van der Waals surface area (Å²) in [6.07, 6.45) is 0.246. The van der Waals surface area contributed by atoms with E-state index in [9.17, 15) is 33.9 Å². The minimum absolute atomic E-state index is 0.0316. The molecule has 2 heterocycles. The van der Waals surface area contributed by atoms with Crippen molar-refractivity contribution in [2.75, 3.05) is 5.32 Å². The molecular formula is C45H45N5O7. The molecule has 7 rings (SSSR count). The van der Waals surface area contributed by atoms with Crippen molar-refractivity contribution in [2.24, 2.45) is 0 Å². The van der Waals surface area contributed by atoms with Gasteiger partial charge in [0.2, 0.25) is 29.5 Å². The molecule has 292 valence electrons. The van der Waals surface area contributed by atoms with Crippen LogP contribution >= 0.6 is 0 Å². The first kappa shape index (κ1) is 39.9. The zero-order chi connectivity index (χ0) is 40.1. The van der Waals surface area contributed by atoms with E-state index in [4.69, 9.17) is 0 Å². The van der Waals surface area contributed by atoms with Crippen molar-refractivity contribution < 1.29 is 33.9 Å². The molecule has 5 amide bonds. The van der Waals surface area contributed by atoms with Gasteiger partial charge >= 0.3 is 5.97 Å². The van der Waals surface area contributed by atoms with E-state index in [1.807, 2.05) is 78.9 Å². The number of benzene rings is 5. The van der Waals surface area contributed by atoms with Crippen molar-refractivity contribution in [1.29, 1.82) is 0 Å². The van der Waals surface area contributed by atoms with Crippen molar-refractivity contribution in [2.45, 2.75) is 69.1 Å². The molecule has 6 N–H and O–H groups in total. The van der Waals surface area contributed by atoms with Gasteiger partial charge in [-0.25, -0.2) is 4.79 Å². The average Bonchev–Trinajstić information content (AvgIpc) is 3.22. The molecule has 57 heavy (non-hydrogen) atoms. The van der Waals surface area contributed by atoms with Gasteiger partial charge in [0.15, 0.2) is 0 Å². The van der Waals surface area contributed by atoms with Crippen LogP contribution in [0.5, 0.6) is 0 Å². The Labute approximate surface area is 330 Å². The van der Waals surface area contributed by atoms with Crippen molar-refractivity contribution in [1.82, 2.24) is 21.3 Å². The maximum absolute atomic E-state index is 14.5. The highest BCUT2D eigenvalue weighted by atomic mass is 16.4.